The molecule has 1 unspecified atom stereocenters. The Morgan fingerprint density at radius 2 is 2.10 bits per heavy atom. The van der Waals surface area contributed by atoms with Gasteiger partial charge in [-0.3, -0.25) is 0 Å². The molecule has 1 aliphatic rings. The van der Waals surface area contributed by atoms with Gasteiger partial charge in [0.1, 0.15) is 12.2 Å². The minimum absolute atomic E-state index is 0.0230. The van der Waals surface area contributed by atoms with E-state index >= 15 is 0 Å². The summed E-state index contributed by atoms with van der Waals surface area (Å²) in [5, 5.41) is 4.32. The minimum atomic E-state index is -0.193. The maximum Gasteiger partial charge on any atom is 0.138 e. The van der Waals surface area contributed by atoms with Gasteiger partial charge < -0.3 is 10.5 Å². The Bertz CT molecular complexity index is 435. The number of ether oxygens (including phenoxy) is 1. The molecule has 5 heteroatoms. The first-order valence-electron chi connectivity index (χ1n) is 8.14. The van der Waals surface area contributed by atoms with E-state index < -0.39 is 0 Å². The molecule has 1 aromatic heterocycles. The van der Waals surface area contributed by atoms with Crippen molar-refractivity contribution in [1.29, 1.82) is 0 Å². The number of aromatic nitrogens is 3. The van der Waals surface area contributed by atoms with Crippen LogP contribution in [0.4, 0.5) is 0 Å². The average Bonchev–Trinajstić information content (AvgIpc) is 2.86. The van der Waals surface area contributed by atoms with Crippen molar-refractivity contribution in [1.82, 2.24) is 14.8 Å². The van der Waals surface area contributed by atoms with Crippen LogP contribution in [0.15, 0.2) is 6.33 Å². The summed E-state index contributed by atoms with van der Waals surface area (Å²) in [6.45, 7) is 7.57. The first-order valence-corrected chi connectivity index (χ1v) is 8.14. The van der Waals surface area contributed by atoms with Crippen LogP contribution in [0.5, 0.6) is 0 Å². The van der Waals surface area contributed by atoms with Crippen molar-refractivity contribution in [3.05, 3.63) is 12.2 Å². The highest BCUT2D eigenvalue weighted by atomic mass is 16.5. The van der Waals surface area contributed by atoms with Gasteiger partial charge in [0.25, 0.3) is 0 Å². The predicted molar refractivity (Wildman–Crippen MR) is 83.9 cm³/mol. The van der Waals surface area contributed by atoms with Gasteiger partial charge in [0.05, 0.1) is 5.60 Å². The fraction of sp³-hybridized carbons (Fsp3) is 0.875. The largest absolute Gasteiger partial charge is 0.377 e. The molecule has 5 nitrogen and oxygen atoms in total. The lowest BCUT2D eigenvalue weighted by atomic mass is 9.74. The normalized spacial score (nSPS) is 28.0. The van der Waals surface area contributed by atoms with Gasteiger partial charge in [0.15, 0.2) is 0 Å². The zero-order valence-electron chi connectivity index (χ0n) is 13.9. The molecular formula is C16H30N4O. The van der Waals surface area contributed by atoms with Crippen LogP contribution in [0.2, 0.25) is 0 Å². The van der Waals surface area contributed by atoms with E-state index in [4.69, 9.17) is 10.5 Å². The number of hydrogen-bond acceptors (Lipinski definition) is 4. The molecule has 120 valence electrons. The van der Waals surface area contributed by atoms with Crippen LogP contribution in [0.3, 0.4) is 0 Å². The minimum Gasteiger partial charge on any atom is -0.377 e. The number of nitrogens with zero attached hydrogens (tertiary/aromatic N) is 3. The zero-order valence-corrected chi connectivity index (χ0v) is 13.9. The van der Waals surface area contributed by atoms with Gasteiger partial charge in [-0.05, 0) is 37.5 Å². The summed E-state index contributed by atoms with van der Waals surface area (Å²) in [5.74, 6) is 2.31. The fourth-order valence-corrected chi connectivity index (χ4v) is 3.30. The van der Waals surface area contributed by atoms with Crippen molar-refractivity contribution in [2.24, 2.45) is 17.6 Å². The van der Waals surface area contributed by atoms with Crippen LogP contribution in [0.1, 0.15) is 52.3 Å². The highest BCUT2D eigenvalue weighted by molar-refractivity contribution is 5.00. The molecule has 0 bridgehead atoms. The SMILES string of the molecule is COC1(C(N)Cc2ncnn2CC(C)C)CCC(C)CC1. The van der Waals surface area contributed by atoms with E-state index in [1.54, 1.807) is 13.4 Å². The summed E-state index contributed by atoms with van der Waals surface area (Å²) >= 11 is 0. The molecule has 0 aliphatic heterocycles. The third kappa shape index (κ3) is 3.83. The summed E-state index contributed by atoms with van der Waals surface area (Å²) in [6.07, 6.45) is 6.84. The van der Waals surface area contributed by atoms with Gasteiger partial charge in [-0.15, -0.1) is 0 Å². The lowest BCUT2D eigenvalue weighted by Crippen LogP contribution is -2.53. The molecule has 2 rings (SSSR count). The number of nitrogens with two attached hydrogens (primary N) is 1. The van der Waals surface area contributed by atoms with Gasteiger partial charge in [-0.2, -0.15) is 5.10 Å². The topological polar surface area (TPSA) is 66.0 Å². The highest BCUT2D eigenvalue weighted by Crippen LogP contribution is 2.36. The van der Waals surface area contributed by atoms with Crippen LogP contribution in [0, 0.1) is 11.8 Å². The van der Waals surface area contributed by atoms with E-state index in [2.05, 4.69) is 30.9 Å². The second-order valence-electron chi connectivity index (χ2n) is 7.01. The second kappa shape index (κ2) is 6.88. The second-order valence-corrected chi connectivity index (χ2v) is 7.01. The Kier molecular flexibility index (Phi) is 5.38. The molecule has 2 N–H and O–H groups in total. The van der Waals surface area contributed by atoms with E-state index in [9.17, 15) is 0 Å². The molecule has 0 aromatic carbocycles. The summed E-state index contributed by atoms with van der Waals surface area (Å²) in [4.78, 5) is 4.40. The smallest absolute Gasteiger partial charge is 0.138 e. The standard InChI is InChI=1S/C16H30N4O/c1-12(2)10-20-15(18-11-19-20)9-14(17)16(21-4)7-5-13(3)6-8-16/h11-14H,5-10,17H2,1-4H3. The lowest BCUT2D eigenvalue weighted by molar-refractivity contribution is -0.0664. The summed E-state index contributed by atoms with van der Waals surface area (Å²) in [7, 11) is 1.80. The third-order valence-corrected chi connectivity index (χ3v) is 4.84. The predicted octanol–water partition coefficient (Wildman–Crippen LogP) is 2.40. The summed E-state index contributed by atoms with van der Waals surface area (Å²) in [6, 6.07) is -0.0230. The van der Waals surface area contributed by atoms with Gasteiger partial charge in [-0.25, -0.2) is 9.67 Å². The highest BCUT2D eigenvalue weighted by Gasteiger charge is 2.40. The van der Waals surface area contributed by atoms with E-state index in [-0.39, 0.29) is 11.6 Å². The number of hydrogen-bond donors (Lipinski definition) is 1. The quantitative estimate of drug-likeness (QED) is 0.875. The van der Waals surface area contributed by atoms with Crippen LogP contribution >= 0.6 is 0 Å². The van der Waals surface area contributed by atoms with Crippen molar-refractivity contribution in [3.8, 4) is 0 Å². The molecule has 1 aliphatic carbocycles. The van der Waals surface area contributed by atoms with Crippen molar-refractivity contribution in [2.45, 2.75) is 71.1 Å². The van der Waals surface area contributed by atoms with Gasteiger partial charge >= 0.3 is 0 Å². The Hall–Kier alpha value is -0.940. The molecule has 1 fully saturated rings. The van der Waals surface area contributed by atoms with E-state index in [1.807, 2.05) is 4.68 Å². The molecule has 1 atom stereocenters. The molecule has 0 spiro atoms. The van der Waals surface area contributed by atoms with Gasteiger partial charge in [0.2, 0.25) is 0 Å². The van der Waals surface area contributed by atoms with E-state index in [0.29, 0.717) is 5.92 Å². The maximum absolute atomic E-state index is 6.52. The average molecular weight is 294 g/mol. The van der Waals surface area contributed by atoms with Crippen LogP contribution in [-0.2, 0) is 17.7 Å². The molecule has 21 heavy (non-hydrogen) atoms. The van der Waals surface area contributed by atoms with E-state index in [0.717, 1.165) is 37.5 Å². The van der Waals surface area contributed by atoms with Gasteiger partial charge in [-0.1, -0.05) is 20.8 Å². The monoisotopic (exact) mass is 294 g/mol. The van der Waals surface area contributed by atoms with Crippen molar-refractivity contribution in [2.75, 3.05) is 7.11 Å². The Morgan fingerprint density at radius 3 is 2.67 bits per heavy atom. The summed E-state index contributed by atoms with van der Waals surface area (Å²) in [5.41, 5.74) is 6.33. The maximum atomic E-state index is 6.52. The third-order valence-electron chi connectivity index (χ3n) is 4.84. The molecule has 0 saturated heterocycles. The van der Waals surface area contributed by atoms with Crippen molar-refractivity contribution >= 4 is 0 Å². The van der Waals surface area contributed by atoms with Crippen LogP contribution in [-0.4, -0.2) is 33.5 Å². The van der Waals surface area contributed by atoms with Crippen molar-refractivity contribution < 1.29 is 4.74 Å². The Balaban J connectivity index is 2.06. The van der Waals surface area contributed by atoms with Crippen molar-refractivity contribution in [3.63, 3.8) is 0 Å². The lowest BCUT2D eigenvalue weighted by Gasteiger charge is -2.42. The molecule has 0 radical (unpaired) electrons. The first-order chi connectivity index (χ1) is 9.97. The molecular weight excluding hydrogens is 264 g/mol. The number of rotatable bonds is 6. The van der Waals surface area contributed by atoms with Crippen LogP contribution < -0.4 is 5.73 Å². The van der Waals surface area contributed by atoms with Crippen LogP contribution in [0.25, 0.3) is 0 Å². The molecule has 1 saturated carbocycles. The van der Waals surface area contributed by atoms with E-state index in [1.165, 1.54) is 12.8 Å². The van der Waals surface area contributed by atoms with Gasteiger partial charge in [0, 0.05) is 26.1 Å². The zero-order chi connectivity index (χ0) is 15.5. The number of methoxy groups -OCH3 is 1. The molecule has 0 amide bonds. The Morgan fingerprint density at radius 1 is 1.43 bits per heavy atom. The fourth-order valence-electron chi connectivity index (χ4n) is 3.30. The molecule has 1 aromatic rings. The Labute approximate surface area is 128 Å². The summed E-state index contributed by atoms with van der Waals surface area (Å²) < 4.78 is 7.86. The molecule has 1 heterocycles. The first kappa shape index (κ1) is 16.4.